The highest BCUT2D eigenvalue weighted by atomic mass is 35.5. The molecule has 1 aliphatic heterocycles. The van der Waals surface area contributed by atoms with Crippen LogP contribution in [0.3, 0.4) is 0 Å². The molecular weight excluding hydrogens is 501 g/mol. The summed E-state index contributed by atoms with van der Waals surface area (Å²) in [4.78, 5) is 51.1. The van der Waals surface area contributed by atoms with E-state index in [9.17, 15) is 14.4 Å². The summed E-state index contributed by atoms with van der Waals surface area (Å²) in [6, 6.07) is 4.43. The molecule has 2 aromatic heterocycles. The van der Waals surface area contributed by atoms with Crippen molar-refractivity contribution >= 4 is 47.3 Å². The molecule has 1 N–H and O–H groups in total. The minimum atomic E-state index is -0.606. The van der Waals surface area contributed by atoms with Crippen molar-refractivity contribution in [3.63, 3.8) is 0 Å². The molecule has 1 aliphatic rings. The standard InChI is InChI=1S/C22H19Cl2N5O4S/c1-3-33-21(32)16-8-26-18(9-25-16)29-20(31)13-6-11(2)28(10-17(13)27-22(29)34)19(30)12-4-5-14(23)15(24)7-12/h4-5,7-9,11H,3,6,10H2,1-2H3,(H,27,34)/t11-/m1/s1. The van der Waals surface area contributed by atoms with E-state index in [1.165, 1.54) is 23.0 Å². The zero-order valence-corrected chi connectivity index (χ0v) is 20.5. The molecule has 3 heterocycles. The Labute approximate surface area is 209 Å². The molecule has 0 radical (unpaired) electrons. The minimum Gasteiger partial charge on any atom is -0.461 e. The Morgan fingerprint density at radius 1 is 1.24 bits per heavy atom. The molecule has 176 valence electrons. The second kappa shape index (κ2) is 9.65. The van der Waals surface area contributed by atoms with E-state index in [4.69, 9.17) is 40.2 Å². The summed E-state index contributed by atoms with van der Waals surface area (Å²) in [5, 5.41) is 0.647. The third-order valence-electron chi connectivity index (χ3n) is 5.43. The quantitative estimate of drug-likeness (QED) is 0.412. The van der Waals surface area contributed by atoms with Gasteiger partial charge in [-0.3, -0.25) is 9.59 Å². The first-order chi connectivity index (χ1) is 16.2. The molecule has 34 heavy (non-hydrogen) atoms. The van der Waals surface area contributed by atoms with Gasteiger partial charge in [-0.1, -0.05) is 23.2 Å². The van der Waals surface area contributed by atoms with Gasteiger partial charge in [0.05, 0.1) is 35.6 Å². The third kappa shape index (κ3) is 4.48. The maximum atomic E-state index is 13.3. The molecule has 1 amide bonds. The first-order valence-corrected chi connectivity index (χ1v) is 11.5. The van der Waals surface area contributed by atoms with Crippen molar-refractivity contribution in [1.82, 2.24) is 24.4 Å². The number of hydrogen-bond donors (Lipinski definition) is 1. The number of carbonyl (C=O) groups is 2. The summed E-state index contributed by atoms with van der Waals surface area (Å²) in [6.45, 7) is 3.92. The van der Waals surface area contributed by atoms with Gasteiger partial charge in [0.2, 0.25) is 0 Å². The maximum Gasteiger partial charge on any atom is 0.358 e. The fourth-order valence-corrected chi connectivity index (χ4v) is 4.31. The van der Waals surface area contributed by atoms with Gasteiger partial charge in [-0.25, -0.2) is 19.3 Å². The number of nitrogens with one attached hydrogen (secondary N) is 1. The van der Waals surface area contributed by atoms with Crippen molar-refractivity contribution in [3.05, 3.63) is 78.3 Å². The van der Waals surface area contributed by atoms with E-state index >= 15 is 0 Å². The number of hydrogen-bond acceptors (Lipinski definition) is 7. The Morgan fingerprint density at radius 2 is 2.00 bits per heavy atom. The van der Waals surface area contributed by atoms with Crippen LogP contribution in [0.2, 0.25) is 10.0 Å². The molecule has 0 saturated carbocycles. The minimum absolute atomic E-state index is 0.0246. The molecule has 1 atom stereocenters. The number of amides is 1. The van der Waals surface area contributed by atoms with Gasteiger partial charge in [-0.15, -0.1) is 0 Å². The molecule has 1 aromatic carbocycles. The largest absolute Gasteiger partial charge is 0.461 e. The van der Waals surface area contributed by atoms with E-state index in [2.05, 4.69) is 15.0 Å². The highest BCUT2D eigenvalue weighted by Crippen LogP contribution is 2.26. The number of H-pyrrole nitrogens is 1. The van der Waals surface area contributed by atoms with Crippen LogP contribution in [0.5, 0.6) is 0 Å². The van der Waals surface area contributed by atoms with Gasteiger partial charge in [0.15, 0.2) is 16.3 Å². The van der Waals surface area contributed by atoms with Gasteiger partial charge in [-0.2, -0.15) is 0 Å². The normalized spacial score (nSPS) is 15.1. The number of carbonyl (C=O) groups excluding carboxylic acids is 2. The van der Waals surface area contributed by atoms with Crippen LogP contribution in [-0.4, -0.2) is 48.9 Å². The van der Waals surface area contributed by atoms with Crippen LogP contribution < -0.4 is 5.56 Å². The number of fused-ring (bicyclic) bond motifs is 1. The molecule has 9 nitrogen and oxygen atoms in total. The highest BCUT2D eigenvalue weighted by molar-refractivity contribution is 7.71. The topological polar surface area (TPSA) is 110 Å². The number of halogens is 2. The average Bonchev–Trinajstić information content (AvgIpc) is 2.81. The zero-order valence-electron chi connectivity index (χ0n) is 18.2. The second-order valence-corrected chi connectivity index (χ2v) is 8.82. The van der Waals surface area contributed by atoms with Crippen molar-refractivity contribution in [2.75, 3.05) is 6.61 Å². The summed E-state index contributed by atoms with van der Waals surface area (Å²) in [6.07, 6.45) is 2.83. The van der Waals surface area contributed by atoms with Crippen LogP contribution >= 0.6 is 35.4 Å². The molecule has 0 aliphatic carbocycles. The first kappa shape index (κ1) is 24.1. The third-order valence-corrected chi connectivity index (χ3v) is 6.45. The molecule has 0 bridgehead atoms. The van der Waals surface area contributed by atoms with Crippen LogP contribution in [0, 0.1) is 4.77 Å². The van der Waals surface area contributed by atoms with Crippen molar-refractivity contribution in [1.29, 1.82) is 0 Å². The van der Waals surface area contributed by atoms with E-state index < -0.39 is 5.97 Å². The monoisotopic (exact) mass is 519 g/mol. The summed E-state index contributed by atoms with van der Waals surface area (Å²) in [7, 11) is 0. The maximum absolute atomic E-state index is 13.3. The number of benzene rings is 1. The lowest BCUT2D eigenvalue weighted by Gasteiger charge is -2.34. The summed E-state index contributed by atoms with van der Waals surface area (Å²) in [5.41, 5.74) is 1.11. The lowest BCUT2D eigenvalue weighted by Crippen LogP contribution is -2.45. The summed E-state index contributed by atoms with van der Waals surface area (Å²) < 4.78 is 6.22. The molecule has 4 rings (SSSR count). The predicted octanol–water partition coefficient (Wildman–Crippen LogP) is 3.76. The molecular formula is C22H19Cl2N5O4S. The summed E-state index contributed by atoms with van der Waals surface area (Å²) in [5.74, 6) is -0.672. The zero-order chi connectivity index (χ0) is 24.6. The van der Waals surface area contributed by atoms with Crippen molar-refractivity contribution in [2.45, 2.75) is 32.9 Å². The molecule has 0 unspecified atom stereocenters. The Morgan fingerprint density at radius 3 is 2.65 bits per heavy atom. The Bertz CT molecular complexity index is 1400. The van der Waals surface area contributed by atoms with Crippen LogP contribution in [-0.2, 0) is 17.7 Å². The predicted molar refractivity (Wildman–Crippen MR) is 128 cm³/mol. The number of aromatic amines is 1. The Hall–Kier alpha value is -3.08. The van der Waals surface area contributed by atoms with Gasteiger partial charge >= 0.3 is 5.97 Å². The van der Waals surface area contributed by atoms with Crippen molar-refractivity contribution in [2.24, 2.45) is 0 Å². The van der Waals surface area contributed by atoms with Gasteiger partial charge in [0.25, 0.3) is 11.5 Å². The molecule has 0 saturated heterocycles. The number of esters is 1. The van der Waals surface area contributed by atoms with Gasteiger partial charge in [-0.05, 0) is 50.7 Å². The smallest absolute Gasteiger partial charge is 0.358 e. The van der Waals surface area contributed by atoms with E-state index in [0.29, 0.717) is 28.3 Å². The lowest BCUT2D eigenvalue weighted by molar-refractivity contribution is 0.0518. The Balaban J connectivity index is 1.67. The van der Waals surface area contributed by atoms with E-state index in [1.54, 1.807) is 24.0 Å². The molecule has 0 spiro atoms. The molecule has 3 aromatic rings. The fraction of sp³-hybridized carbons (Fsp3) is 0.273. The van der Waals surface area contributed by atoms with Crippen LogP contribution in [0.4, 0.5) is 0 Å². The van der Waals surface area contributed by atoms with E-state index in [1.807, 2.05) is 6.92 Å². The fourth-order valence-electron chi connectivity index (χ4n) is 3.72. The average molecular weight is 520 g/mol. The number of nitrogens with zero attached hydrogens (tertiary/aromatic N) is 4. The molecule has 0 fully saturated rings. The summed E-state index contributed by atoms with van der Waals surface area (Å²) >= 11 is 17.4. The number of ether oxygens (including phenoxy) is 1. The number of aromatic nitrogens is 4. The SMILES string of the molecule is CCOC(=O)c1cnc(-n2c(=S)[nH]c3c(c2=O)C[C@@H](C)N(C(=O)c2ccc(Cl)c(Cl)c2)C3)cn1. The van der Waals surface area contributed by atoms with Crippen molar-refractivity contribution < 1.29 is 14.3 Å². The lowest BCUT2D eigenvalue weighted by atomic mass is 9.98. The highest BCUT2D eigenvalue weighted by Gasteiger charge is 2.31. The van der Waals surface area contributed by atoms with Crippen molar-refractivity contribution in [3.8, 4) is 5.82 Å². The molecule has 12 heteroatoms. The van der Waals surface area contributed by atoms with Gasteiger partial charge < -0.3 is 14.6 Å². The van der Waals surface area contributed by atoms with Crippen LogP contribution in [0.15, 0.2) is 35.4 Å². The van der Waals surface area contributed by atoms with Crippen LogP contribution in [0.1, 0.15) is 46.0 Å². The second-order valence-electron chi connectivity index (χ2n) is 7.62. The van der Waals surface area contributed by atoms with Gasteiger partial charge in [0.1, 0.15) is 0 Å². The number of rotatable bonds is 4. The van der Waals surface area contributed by atoms with E-state index in [-0.39, 0.29) is 52.0 Å². The first-order valence-electron chi connectivity index (χ1n) is 10.3. The van der Waals surface area contributed by atoms with Gasteiger partial charge in [0, 0.05) is 22.9 Å². The van der Waals surface area contributed by atoms with E-state index in [0.717, 1.165) is 0 Å². The van der Waals surface area contributed by atoms with Crippen LogP contribution in [0.25, 0.3) is 5.82 Å². The Kier molecular flexibility index (Phi) is 6.83.